The zero-order valence-corrected chi connectivity index (χ0v) is 22.5. The van der Waals surface area contributed by atoms with Gasteiger partial charge in [0.05, 0.1) is 5.41 Å². The molecule has 0 saturated carbocycles. The monoisotopic (exact) mass is 519 g/mol. The maximum absolute atomic E-state index is 13.3. The van der Waals surface area contributed by atoms with Crippen LogP contribution in [0.15, 0.2) is 103 Å². The third kappa shape index (κ3) is 4.09. The van der Waals surface area contributed by atoms with E-state index in [0.29, 0.717) is 0 Å². The summed E-state index contributed by atoms with van der Waals surface area (Å²) in [5, 5.41) is 21.3. The van der Waals surface area contributed by atoms with Crippen LogP contribution in [0, 0.1) is 5.41 Å². The minimum atomic E-state index is -1.77. The first-order valence-corrected chi connectivity index (χ1v) is 13.3. The Kier molecular flexibility index (Phi) is 6.77. The normalized spacial score (nSPS) is 16.8. The molecular weight excluding hydrogens is 486 g/mol. The van der Waals surface area contributed by atoms with Gasteiger partial charge in [0.2, 0.25) is 0 Å². The van der Waals surface area contributed by atoms with Crippen molar-refractivity contribution < 1.29 is 19.8 Å². The Morgan fingerprint density at radius 1 is 0.744 bits per heavy atom. The number of fused-ring (bicyclic) bond motifs is 3. The van der Waals surface area contributed by atoms with Gasteiger partial charge >= 0.3 is 11.9 Å². The number of hydrogen-bond donors (Lipinski definition) is 2. The Bertz CT molecular complexity index is 1520. The van der Waals surface area contributed by atoms with E-state index in [2.05, 4.69) is 30.3 Å². The molecular formula is C34H33NO4. The largest absolute Gasteiger partial charge is 0.481 e. The first-order valence-electron chi connectivity index (χ1n) is 13.3. The third-order valence-electron chi connectivity index (χ3n) is 8.75. The van der Waals surface area contributed by atoms with E-state index in [0.717, 1.165) is 39.1 Å². The zero-order chi connectivity index (χ0) is 27.8. The molecule has 0 bridgehead atoms. The van der Waals surface area contributed by atoms with E-state index in [1.165, 1.54) is 0 Å². The van der Waals surface area contributed by atoms with Gasteiger partial charge in [-0.3, -0.25) is 4.79 Å². The molecule has 1 aliphatic carbocycles. The lowest BCUT2D eigenvalue weighted by Gasteiger charge is -2.49. The third-order valence-corrected chi connectivity index (χ3v) is 8.75. The van der Waals surface area contributed by atoms with Crippen LogP contribution in [0.5, 0.6) is 0 Å². The van der Waals surface area contributed by atoms with Gasteiger partial charge in [0.15, 0.2) is 5.54 Å². The van der Waals surface area contributed by atoms with E-state index in [-0.39, 0.29) is 18.9 Å². The van der Waals surface area contributed by atoms with Crippen LogP contribution < -0.4 is 4.90 Å². The van der Waals surface area contributed by atoms with Crippen molar-refractivity contribution in [1.29, 1.82) is 0 Å². The highest BCUT2D eigenvalue weighted by Crippen LogP contribution is 2.54. The average Bonchev–Trinajstić information content (AvgIpc) is 3.30. The van der Waals surface area contributed by atoms with E-state index in [9.17, 15) is 19.8 Å². The summed E-state index contributed by atoms with van der Waals surface area (Å²) in [4.78, 5) is 27.9. The summed E-state index contributed by atoms with van der Waals surface area (Å²) in [5.74, 6) is -2.43. The molecule has 0 spiro atoms. The van der Waals surface area contributed by atoms with E-state index in [4.69, 9.17) is 0 Å². The van der Waals surface area contributed by atoms with Crippen molar-refractivity contribution in [2.45, 2.75) is 45.2 Å². The molecule has 4 aromatic rings. The lowest BCUT2D eigenvalue weighted by atomic mass is 9.68. The van der Waals surface area contributed by atoms with Crippen LogP contribution in [0.3, 0.4) is 0 Å². The van der Waals surface area contributed by atoms with Gasteiger partial charge in [-0.25, -0.2) is 4.79 Å². The molecule has 0 fully saturated rings. The second-order valence-corrected chi connectivity index (χ2v) is 10.6. The van der Waals surface area contributed by atoms with Gasteiger partial charge in [-0.1, -0.05) is 104 Å². The highest BCUT2D eigenvalue weighted by Gasteiger charge is 2.59. The summed E-state index contributed by atoms with van der Waals surface area (Å²) in [7, 11) is 0. The predicted molar refractivity (Wildman–Crippen MR) is 154 cm³/mol. The van der Waals surface area contributed by atoms with Gasteiger partial charge in [0.25, 0.3) is 0 Å². The van der Waals surface area contributed by atoms with Crippen molar-refractivity contribution in [2.24, 2.45) is 5.41 Å². The highest BCUT2D eigenvalue weighted by atomic mass is 16.4. The number of nitrogens with zero attached hydrogens (tertiary/aromatic N) is 1. The molecule has 1 aliphatic rings. The minimum Gasteiger partial charge on any atom is -0.481 e. The van der Waals surface area contributed by atoms with E-state index in [1.54, 1.807) is 20.8 Å². The van der Waals surface area contributed by atoms with Crippen molar-refractivity contribution in [2.75, 3.05) is 4.90 Å². The van der Waals surface area contributed by atoms with E-state index in [1.807, 2.05) is 77.7 Å². The second-order valence-electron chi connectivity index (χ2n) is 10.6. The Morgan fingerprint density at radius 2 is 1.33 bits per heavy atom. The Labute approximate surface area is 229 Å². The maximum atomic E-state index is 13.3. The molecule has 5 heteroatoms. The number of aliphatic carboxylic acids is 2. The summed E-state index contributed by atoms with van der Waals surface area (Å²) in [6.07, 6.45) is 0.147. The molecule has 0 saturated heterocycles. The van der Waals surface area contributed by atoms with Crippen LogP contribution in [0.2, 0.25) is 0 Å². The van der Waals surface area contributed by atoms with E-state index < -0.39 is 22.9 Å². The molecule has 0 radical (unpaired) electrons. The SMILES string of the molecule is CCC(C)(C(=O)O)[C@@](C)(C(=O)O)N(Cc1ccccc1)c1cccc2c1C(c1ccccc1)c1ccccc1-2. The number of hydrogen-bond acceptors (Lipinski definition) is 3. The molecule has 4 aromatic carbocycles. The van der Waals surface area contributed by atoms with Crippen LogP contribution in [0.4, 0.5) is 5.69 Å². The van der Waals surface area contributed by atoms with Crippen molar-refractivity contribution in [3.8, 4) is 11.1 Å². The Morgan fingerprint density at radius 3 is 1.95 bits per heavy atom. The molecule has 0 amide bonds. The predicted octanol–water partition coefficient (Wildman–Crippen LogP) is 7.20. The molecule has 2 unspecified atom stereocenters. The topological polar surface area (TPSA) is 77.8 Å². The fourth-order valence-electron chi connectivity index (χ4n) is 6.07. The first kappa shape index (κ1) is 26.2. The summed E-state index contributed by atoms with van der Waals surface area (Å²) in [5.41, 5.74) is 3.68. The number of carboxylic acids is 2. The molecule has 0 aliphatic heterocycles. The van der Waals surface area contributed by atoms with Crippen LogP contribution in [-0.4, -0.2) is 27.7 Å². The van der Waals surface area contributed by atoms with Gasteiger partial charge in [0.1, 0.15) is 0 Å². The van der Waals surface area contributed by atoms with Crippen molar-refractivity contribution in [3.05, 3.63) is 125 Å². The van der Waals surface area contributed by atoms with E-state index >= 15 is 0 Å². The molecule has 5 rings (SSSR count). The highest BCUT2D eigenvalue weighted by molar-refractivity contribution is 5.94. The summed E-state index contributed by atoms with van der Waals surface area (Å²) >= 11 is 0. The quantitative estimate of drug-likeness (QED) is 0.215. The molecule has 2 N–H and O–H groups in total. The van der Waals surface area contributed by atoms with Gasteiger partial charge in [0, 0.05) is 18.2 Å². The van der Waals surface area contributed by atoms with Crippen LogP contribution in [0.25, 0.3) is 11.1 Å². The van der Waals surface area contributed by atoms with Gasteiger partial charge in [-0.2, -0.15) is 0 Å². The van der Waals surface area contributed by atoms with Crippen molar-refractivity contribution in [3.63, 3.8) is 0 Å². The number of carbonyl (C=O) groups is 2. The zero-order valence-electron chi connectivity index (χ0n) is 22.5. The molecule has 0 heterocycles. The minimum absolute atomic E-state index is 0.123. The lowest BCUT2D eigenvalue weighted by Crippen LogP contribution is -2.65. The molecule has 39 heavy (non-hydrogen) atoms. The smallest absolute Gasteiger partial charge is 0.330 e. The second kappa shape index (κ2) is 10.1. The van der Waals surface area contributed by atoms with Crippen LogP contribution in [0.1, 0.15) is 55.4 Å². The molecule has 198 valence electrons. The average molecular weight is 520 g/mol. The number of anilines is 1. The Hall–Kier alpha value is -4.38. The number of carboxylic acid groups (broad SMARTS) is 2. The van der Waals surface area contributed by atoms with Gasteiger partial charge in [-0.05, 0) is 59.7 Å². The summed E-state index contributed by atoms with van der Waals surface area (Å²) in [6.45, 7) is 5.10. The van der Waals surface area contributed by atoms with Gasteiger partial charge in [-0.15, -0.1) is 0 Å². The van der Waals surface area contributed by atoms with Crippen molar-refractivity contribution >= 4 is 17.6 Å². The fraction of sp³-hybridized carbons (Fsp3) is 0.235. The molecule has 5 nitrogen and oxygen atoms in total. The summed E-state index contributed by atoms with van der Waals surface area (Å²) in [6, 6.07) is 34.1. The van der Waals surface area contributed by atoms with Crippen molar-refractivity contribution in [1.82, 2.24) is 0 Å². The fourth-order valence-corrected chi connectivity index (χ4v) is 6.07. The Balaban J connectivity index is 1.83. The van der Waals surface area contributed by atoms with Crippen LogP contribution >= 0.6 is 0 Å². The number of rotatable bonds is 9. The first-order chi connectivity index (χ1) is 18.7. The lowest BCUT2D eigenvalue weighted by molar-refractivity contribution is -0.163. The maximum Gasteiger partial charge on any atom is 0.330 e. The van der Waals surface area contributed by atoms with Crippen LogP contribution in [-0.2, 0) is 16.1 Å². The summed E-state index contributed by atoms with van der Waals surface area (Å²) < 4.78 is 0. The molecule has 3 atom stereocenters. The van der Waals surface area contributed by atoms with Gasteiger partial charge < -0.3 is 15.1 Å². The standard InChI is InChI=1S/C34H33NO4/c1-4-33(2,31(36)37)34(3,32(38)39)35(22-23-14-7-5-8-15-23)28-21-13-20-27-25-18-11-12-19-26(25)29(30(27)28)24-16-9-6-10-17-24/h5-21,29H,4,22H2,1-3H3,(H,36,37)(H,38,39)/t29?,33?,34-/m1/s1. The number of benzene rings is 4. The molecule has 0 aromatic heterocycles.